The van der Waals surface area contributed by atoms with Crippen LogP contribution >= 0.6 is 11.3 Å². The summed E-state index contributed by atoms with van der Waals surface area (Å²) >= 11 is 1.11. The number of rotatable bonds is 5. The summed E-state index contributed by atoms with van der Waals surface area (Å²) in [5, 5.41) is 10.6. The number of likely N-dealkylation sites (N-methyl/N-ethyl adjacent to an activating group) is 1. The number of amides is 1. The largest absolute Gasteiger partial charge is 0.476 e. The third-order valence-corrected chi connectivity index (χ3v) is 3.91. The lowest BCUT2D eigenvalue weighted by molar-refractivity contribution is -0.131. The average molecular weight is 283 g/mol. The van der Waals surface area contributed by atoms with Crippen molar-refractivity contribution in [3.63, 3.8) is 0 Å². The molecular weight excluding hydrogens is 266 g/mol. The van der Waals surface area contributed by atoms with Gasteiger partial charge in [0.2, 0.25) is 10.9 Å². The highest BCUT2D eigenvalue weighted by molar-refractivity contribution is 7.11. The smallest absolute Gasteiger partial charge is 0.365 e. The predicted octanol–water partition coefficient (Wildman–Crippen LogP) is 0.895. The van der Waals surface area contributed by atoms with E-state index in [1.165, 1.54) is 0 Å². The molecule has 1 amide bonds. The molecule has 7 heteroatoms. The van der Waals surface area contributed by atoms with E-state index < -0.39 is 5.97 Å². The van der Waals surface area contributed by atoms with E-state index in [0.29, 0.717) is 18.8 Å². The van der Waals surface area contributed by atoms with Crippen molar-refractivity contribution in [2.75, 3.05) is 26.7 Å². The molecular formula is C12H17N3O3S. The van der Waals surface area contributed by atoms with E-state index in [1.807, 2.05) is 16.8 Å². The van der Waals surface area contributed by atoms with Gasteiger partial charge in [0, 0.05) is 25.0 Å². The summed E-state index contributed by atoms with van der Waals surface area (Å²) in [5.41, 5.74) is 0.694. The van der Waals surface area contributed by atoms with E-state index >= 15 is 0 Å². The van der Waals surface area contributed by atoms with E-state index in [1.54, 1.807) is 5.38 Å². The Morgan fingerprint density at radius 3 is 2.74 bits per heavy atom. The van der Waals surface area contributed by atoms with Gasteiger partial charge in [-0.25, -0.2) is 9.78 Å². The summed E-state index contributed by atoms with van der Waals surface area (Å²) in [4.78, 5) is 30.4. The first-order valence-electron chi connectivity index (χ1n) is 6.20. The lowest BCUT2D eigenvalue weighted by Gasteiger charge is -2.20. The molecule has 0 saturated carbocycles. The van der Waals surface area contributed by atoms with Crippen molar-refractivity contribution < 1.29 is 14.7 Å². The first kappa shape index (κ1) is 14.0. The standard InChI is InChI=1S/C12H17N3O3S/c1-14(7-10(16)15-4-2-3-5-15)6-9-8-19-11(13-9)12(17)18/h8H,2-7H2,1H3,(H,17,18). The Kier molecular flexibility index (Phi) is 4.49. The van der Waals surface area contributed by atoms with Crippen LogP contribution in [0.15, 0.2) is 5.38 Å². The second kappa shape index (κ2) is 6.12. The molecule has 0 atom stereocenters. The number of aromatic nitrogens is 1. The average Bonchev–Trinajstić information content (AvgIpc) is 2.98. The molecule has 6 nitrogen and oxygen atoms in total. The monoisotopic (exact) mass is 283 g/mol. The number of likely N-dealkylation sites (tertiary alicyclic amines) is 1. The van der Waals surface area contributed by atoms with Crippen LogP contribution in [-0.2, 0) is 11.3 Å². The van der Waals surface area contributed by atoms with Gasteiger partial charge < -0.3 is 10.0 Å². The van der Waals surface area contributed by atoms with Gasteiger partial charge in [0.25, 0.3) is 0 Å². The molecule has 1 aliphatic heterocycles. The van der Waals surface area contributed by atoms with Crippen LogP contribution < -0.4 is 0 Å². The van der Waals surface area contributed by atoms with E-state index in [4.69, 9.17) is 5.11 Å². The number of carbonyl (C=O) groups is 2. The van der Waals surface area contributed by atoms with Gasteiger partial charge in [0.1, 0.15) is 0 Å². The van der Waals surface area contributed by atoms with Gasteiger partial charge in [-0.15, -0.1) is 11.3 Å². The fourth-order valence-corrected chi connectivity index (χ4v) is 2.75. The molecule has 0 radical (unpaired) electrons. The molecule has 1 saturated heterocycles. The minimum atomic E-state index is -1.01. The lowest BCUT2D eigenvalue weighted by atomic mass is 10.4. The van der Waals surface area contributed by atoms with Crippen molar-refractivity contribution in [2.45, 2.75) is 19.4 Å². The molecule has 1 N–H and O–H groups in total. The van der Waals surface area contributed by atoms with Gasteiger partial charge in [-0.3, -0.25) is 9.69 Å². The van der Waals surface area contributed by atoms with Gasteiger partial charge in [-0.05, 0) is 19.9 Å². The third kappa shape index (κ3) is 3.74. The van der Waals surface area contributed by atoms with Crippen LogP contribution in [0.1, 0.15) is 28.3 Å². The Labute approximate surface area is 115 Å². The normalized spacial score (nSPS) is 15.2. The van der Waals surface area contributed by atoms with Crippen molar-refractivity contribution in [1.29, 1.82) is 0 Å². The molecule has 0 aliphatic carbocycles. The topological polar surface area (TPSA) is 73.7 Å². The summed E-state index contributed by atoms with van der Waals surface area (Å²) in [5.74, 6) is -0.874. The number of carboxylic acid groups (broad SMARTS) is 1. The van der Waals surface area contributed by atoms with E-state index in [-0.39, 0.29) is 10.9 Å². The molecule has 19 heavy (non-hydrogen) atoms. The fourth-order valence-electron chi connectivity index (χ4n) is 2.11. The summed E-state index contributed by atoms with van der Waals surface area (Å²) < 4.78 is 0. The first-order chi connectivity index (χ1) is 9.06. The number of aromatic carboxylic acids is 1. The van der Waals surface area contributed by atoms with Crippen LogP contribution in [0.25, 0.3) is 0 Å². The number of hydrogen-bond donors (Lipinski definition) is 1. The van der Waals surface area contributed by atoms with Gasteiger partial charge in [-0.1, -0.05) is 0 Å². The van der Waals surface area contributed by atoms with Crippen LogP contribution in [0.3, 0.4) is 0 Å². The Morgan fingerprint density at radius 1 is 1.47 bits per heavy atom. The summed E-state index contributed by atoms with van der Waals surface area (Å²) in [6.07, 6.45) is 2.17. The lowest BCUT2D eigenvalue weighted by Crippen LogP contribution is -2.37. The Balaban J connectivity index is 1.84. The predicted molar refractivity (Wildman–Crippen MR) is 71.2 cm³/mol. The molecule has 0 spiro atoms. The zero-order valence-electron chi connectivity index (χ0n) is 10.8. The van der Waals surface area contributed by atoms with Crippen molar-refractivity contribution >= 4 is 23.2 Å². The number of carbonyl (C=O) groups excluding carboxylic acids is 1. The summed E-state index contributed by atoms with van der Waals surface area (Å²) in [6, 6.07) is 0. The number of carboxylic acids is 1. The highest BCUT2D eigenvalue weighted by Crippen LogP contribution is 2.12. The van der Waals surface area contributed by atoms with Gasteiger partial charge in [0.15, 0.2) is 0 Å². The third-order valence-electron chi connectivity index (χ3n) is 3.03. The molecule has 2 heterocycles. The summed E-state index contributed by atoms with van der Waals surface area (Å²) in [7, 11) is 1.84. The molecule has 1 fully saturated rings. The summed E-state index contributed by atoms with van der Waals surface area (Å²) in [6.45, 7) is 2.54. The first-order valence-corrected chi connectivity index (χ1v) is 7.08. The molecule has 0 unspecified atom stereocenters. The van der Waals surface area contributed by atoms with Gasteiger partial charge in [0.05, 0.1) is 12.2 Å². The maximum atomic E-state index is 11.9. The van der Waals surface area contributed by atoms with Crippen molar-refractivity contribution in [3.05, 3.63) is 16.1 Å². The minimum absolute atomic E-state index is 0.0919. The maximum Gasteiger partial charge on any atom is 0.365 e. The minimum Gasteiger partial charge on any atom is -0.476 e. The van der Waals surface area contributed by atoms with E-state index in [9.17, 15) is 9.59 Å². The van der Waals surface area contributed by atoms with Crippen LogP contribution in [-0.4, -0.2) is 58.4 Å². The van der Waals surface area contributed by atoms with Crippen molar-refractivity contribution in [1.82, 2.24) is 14.8 Å². The number of thiazole rings is 1. The van der Waals surface area contributed by atoms with Crippen LogP contribution in [0.4, 0.5) is 0 Å². The molecule has 0 aromatic carbocycles. The van der Waals surface area contributed by atoms with Crippen LogP contribution in [0, 0.1) is 0 Å². The molecule has 2 rings (SSSR count). The zero-order chi connectivity index (χ0) is 13.8. The highest BCUT2D eigenvalue weighted by atomic mass is 32.1. The molecule has 0 bridgehead atoms. The van der Waals surface area contributed by atoms with Gasteiger partial charge >= 0.3 is 5.97 Å². The van der Waals surface area contributed by atoms with Gasteiger partial charge in [-0.2, -0.15) is 0 Å². The molecule has 1 aromatic rings. The fraction of sp³-hybridized carbons (Fsp3) is 0.583. The molecule has 1 aliphatic rings. The number of hydrogen-bond acceptors (Lipinski definition) is 5. The Hall–Kier alpha value is -1.47. The highest BCUT2D eigenvalue weighted by Gasteiger charge is 2.19. The second-order valence-electron chi connectivity index (χ2n) is 4.71. The van der Waals surface area contributed by atoms with E-state index in [2.05, 4.69) is 4.98 Å². The Bertz CT molecular complexity index is 469. The van der Waals surface area contributed by atoms with Crippen molar-refractivity contribution in [2.24, 2.45) is 0 Å². The molecule has 104 valence electrons. The second-order valence-corrected chi connectivity index (χ2v) is 5.57. The quantitative estimate of drug-likeness (QED) is 0.869. The zero-order valence-corrected chi connectivity index (χ0v) is 11.7. The molecule has 1 aromatic heterocycles. The van der Waals surface area contributed by atoms with E-state index in [0.717, 1.165) is 37.3 Å². The van der Waals surface area contributed by atoms with Crippen LogP contribution in [0.5, 0.6) is 0 Å². The Morgan fingerprint density at radius 2 is 2.16 bits per heavy atom. The SMILES string of the molecule is CN(CC(=O)N1CCCC1)Cc1csc(C(=O)O)n1. The number of nitrogens with zero attached hydrogens (tertiary/aromatic N) is 3. The van der Waals surface area contributed by atoms with Crippen molar-refractivity contribution in [3.8, 4) is 0 Å². The maximum absolute atomic E-state index is 11.9. The van der Waals surface area contributed by atoms with Crippen LogP contribution in [0.2, 0.25) is 0 Å².